The highest BCUT2D eigenvalue weighted by atomic mass is 17.3. The number of carbonyl (C=O) groups excluding carboxylic acids is 2. The Hall–Kier alpha value is -2.74. The van der Waals surface area contributed by atoms with Crippen LogP contribution in [0.1, 0.15) is 80.3 Å². The summed E-state index contributed by atoms with van der Waals surface area (Å²) in [6.45, 7) is 14.5. The first-order chi connectivity index (χ1) is 15.4. The van der Waals surface area contributed by atoms with Crippen molar-refractivity contribution in [2.24, 2.45) is 0 Å². The van der Waals surface area contributed by atoms with Crippen LogP contribution in [0.15, 0.2) is 48.5 Å². The minimum atomic E-state index is -1.25. The van der Waals surface area contributed by atoms with Crippen molar-refractivity contribution in [3.05, 3.63) is 70.8 Å². The van der Waals surface area contributed by atoms with Crippen molar-refractivity contribution in [2.45, 2.75) is 65.6 Å². The number of rotatable bonds is 9. The van der Waals surface area contributed by atoms with Crippen LogP contribution in [0.2, 0.25) is 0 Å². The van der Waals surface area contributed by atoms with Crippen molar-refractivity contribution in [3.63, 3.8) is 0 Å². The Morgan fingerprint density at radius 1 is 0.697 bits per heavy atom. The Morgan fingerprint density at radius 3 is 1.36 bits per heavy atom. The van der Waals surface area contributed by atoms with Gasteiger partial charge in [0, 0.05) is 6.61 Å². The maximum atomic E-state index is 12.3. The highest BCUT2D eigenvalue weighted by Crippen LogP contribution is 2.23. The Kier molecular flexibility index (Phi) is 9.16. The van der Waals surface area contributed by atoms with Gasteiger partial charge in [-0.05, 0) is 53.1 Å². The lowest BCUT2D eigenvalue weighted by molar-refractivity contribution is -0.426. The van der Waals surface area contributed by atoms with Crippen LogP contribution in [0.25, 0.3) is 0 Å². The Labute approximate surface area is 195 Å². The average molecular weight is 459 g/mol. The third-order valence-electron chi connectivity index (χ3n) is 4.89. The molecule has 2 aromatic rings. The van der Waals surface area contributed by atoms with E-state index in [2.05, 4.69) is 41.5 Å². The fraction of sp³-hybridized carbons (Fsp3) is 0.462. The smallest absolute Gasteiger partial charge is 0.373 e. The summed E-state index contributed by atoms with van der Waals surface area (Å²) in [7, 11) is 0. The van der Waals surface area contributed by atoms with E-state index in [1.54, 1.807) is 31.2 Å². The molecule has 7 heteroatoms. The standard InChI is InChI=1S/C26H34O7/c1-8-29-17-22(30-32-23(27)18-9-13-20(14-10-18)25(2,3)4)31-33-24(28)19-11-15-21(16-12-19)26(5,6)7/h9-16,22H,8,17H2,1-7H3. The second kappa shape index (κ2) is 11.4. The van der Waals surface area contributed by atoms with Gasteiger partial charge in [0.25, 0.3) is 6.29 Å². The fourth-order valence-corrected chi connectivity index (χ4v) is 2.79. The summed E-state index contributed by atoms with van der Waals surface area (Å²) in [5, 5.41) is 0. The second-order valence-electron chi connectivity index (χ2n) is 9.68. The van der Waals surface area contributed by atoms with E-state index >= 15 is 0 Å². The van der Waals surface area contributed by atoms with Crippen LogP contribution >= 0.6 is 0 Å². The van der Waals surface area contributed by atoms with Crippen molar-refractivity contribution in [1.29, 1.82) is 0 Å². The highest BCUT2D eigenvalue weighted by Gasteiger charge is 2.21. The quantitative estimate of drug-likeness (QED) is 0.278. The van der Waals surface area contributed by atoms with E-state index in [0.717, 1.165) is 11.1 Å². The van der Waals surface area contributed by atoms with Crippen molar-refractivity contribution >= 4 is 11.9 Å². The predicted octanol–water partition coefficient (Wildman–Crippen LogP) is 5.52. The van der Waals surface area contributed by atoms with Crippen LogP contribution in [0.5, 0.6) is 0 Å². The van der Waals surface area contributed by atoms with Crippen molar-refractivity contribution in [1.82, 2.24) is 0 Å². The predicted molar refractivity (Wildman–Crippen MR) is 124 cm³/mol. The number of ether oxygens (including phenoxy) is 1. The van der Waals surface area contributed by atoms with E-state index in [0.29, 0.717) is 17.7 Å². The SMILES string of the molecule is CCOCC(OOC(=O)c1ccc(C(C)(C)C)cc1)OOC(=O)c1ccc(C(C)(C)C)cc1. The van der Waals surface area contributed by atoms with Gasteiger partial charge in [-0.3, -0.25) is 9.78 Å². The minimum absolute atomic E-state index is 0.0354. The lowest BCUT2D eigenvalue weighted by Crippen LogP contribution is -2.27. The van der Waals surface area contributed by atoms with E-state index in [1.807, 2.05) is 24.3 Å². The first-order valence-corrected chi connectivity index (χ1v) is 11.0. The molecule has 0 spiro atoms. The van der Waals surface area contributed by atoms with Gasteiger partial charge in [0.2, 0.25) is 0 Å². The lowest BCUT2D eigenvalue weighted by Gasteiger charge is -2.19. The van der Waals surface area contributed by atoms with Crippen LogP contribution < -0.4 is 0 Å². The normalized spacial score (nSPS) is 12.0. The van der Waals surface area contributed by atoms with Gasteiger partial charge in [-0.2, -0.15) is 0 Å². The summed E-state index contributed by atoms with van der Waals surface area (Å²) >= 11 is 0. The molecule has 0 bridgehead atoms. The van der Waals surface area contributed by atoms with Crippen molar-refractivity contribution < 1.29 is 33.9 Å². The largest absolute Gasteiger partial charge is 0.376 e. The molecule has 180 valence electrons. The zero-order valence-corrected chi connectivity index (χ0v) is 20.5. The van der Waals surface area contributed by atoms with Crippen LogP contribution in [0.4, 0.5) is 0 Å². The lowest BCUT2D eigenvalue weighted by atomic mass is 9.87. The first kappa shape index (κ1) is 26.5. The van der Waals surface area contributed by atoms with E-state index < -0.39 is 18.2 Å². The number of benzene rings is 2. The van der Waals surface area contributed by atoms with Gasteiger partial charge in [-0.15, -0.1) is 9.78 Å². The third kappa shape index (κ3) is 8.28. The summed E-state index contributed by atoms with van der Waals surface area (Å²) in [6.07, 6.45) is -1.25. The molecule has 0 heterocycles. The van der Waals surface area contributed by atoms with Gasteiger partial charge in [0.1, 0.15) is 6.61 Å². The molecule has 33 heavy (non-hydrogen) atoms. The number of carbonyl (C=O) groups is 2. The van der Waals surface area contributed by atoms with Gasteiger partial charge in [0.05, 0.1) is 11.1 Å². The summed E-state index contributed by atoms with van der Waals surface area (Å²) in [6, 6.07) is 14.1. The van der Waals surface area contributed by atoms with Crippen LogP contribution in [-0.4, -0.2) is 31.4 Å². The van der Waals surface area contributed by atoms with Crippen molar-refractivity contribution in [3.8, 4) is 0 Å². The molecular weight excluding hydrogens is 424 g/mol. The molecule has 0 saturated heterocycles. The van der Waals surface area contributed by atoms with Crippen molar-refractivity contribution in [2.75, 3.05) is 13.2 Å². The molecular formula is C26H34O7. The Bertz CT molecular complexity index is 830. The molecule has 0 aliphatic rings. The topological polar surface area (TPSA) is 80.3 Å². The van der Waals surface area contributed by atoms with Crippen LogP contribution in [0, 0.1) is 0 Å². The molecule has 7 nitrogen and oxygen atoms in total. The number of hydrogen-bond acceptors (Lipinski definition) is 7. The summed E-state index contributed by atoms with van der Waals surface area (Å²) in [4.78, 5) is 44.4. The van der Waals surface area contributed by atoms with Crippen LogP contribution in [0.3, 0.4) is 0 Å². The molecule has 0 amide bonds. The zero-order valence-electron chi connectivity index (χ0n) is 20.5. The molecule has 0 fully saturated rings. The molecule has 0 aliphatic heterocycles. The Balaban J connectivity index is 1.93. The fourth-order valence-electron chi connectivity index (χ4n) is 2.79. The maximum absolute atomic E-state index is 12.3. The van der Waals surface area contributed by atoms with Gasteiger partial charge >= 0.3 is 11.9 Å². The van der Waals surface area contributed by atoms with E-state index in [9.17, 15) is 9.59 Å². The maximum Gasteiger partial charge on any atom is 0.373 e. The molecule has 2 rings (SSSR count). The molecule has 0 aliphatic carbocycles. The summed E-state index contributed by atoms with van der Waals surface area (Å²) in [5.41, 5.74) is 2.72. The van der Waals surface area contributed by atoms with E-state index in [-0.39, 0.29) is 17.4 Å². The zero-order chi connectivity index (χ0) is 24.6. The van der Waals surface area contributed by atoms with E-state index in [4.69, 9.17) is 24.3 Å². The van der Waals surface area contributed by atoms with Gasteiger partial charge in [-0.25, -0.2) is 9.59 Å². The van der Waals surface area contributed by atoms with Gasteiger partial charge < -0.3 is 4.74 Å². The molecule has 0 radical (unpaired) electrons. The molecule has 0 N–H and O–H groups in total. The Morgan fingerprint density at radius 2 is 1.06 bits per heavy atom. The minimum Gasteiger partial charge on any atom is -0.376 e. The molecule has 0 aromatic heterocycles. The monoisotopic (exact) mass is 458 g/mol. The number of hydrogen-bond donors (Lipinski definition) is 0. The van der Waals surface area contributed by atoms with Gasteiger partial charge in [-0.1, -0.05) is 65.8 Å². The summed E-state index contributed by atoms with van der Waals surface area (Å²) in [5.74, 6) is -1.41. The first-order valence-electron chi connectivity index (χ1n) is 11.0. The highest BCUT2D eigenvalue weighted by molar-refractivity contribution is 5.89. The van der Waals surface area contributed by atoms with Gasteiger partial charge in [0.15, 0.2) is 0 Å². The van der Waals surface area contributed by atoms with Crippen LogP contribution in [-0.2, 0) is 35.1 Å². The second-order valence-corrected chi connectivity index (χ2v) is 9.68. The third-order valence-corrected chi connectivity index (χ3v) is 4.89. The molecule has 0 saturated carbocycles. The summed E-state index contributed by atoms with van der Waals surface area (Å²) < 4.78 is 5.25. The average Bonchev–Trinajstić information content (AvgIpc) is 2.77. The molecule has 0 atom stereocenters. The van der Waals surface area contributed by atoms with E-state index in [1.165, 1.54) is 0 Å². The molecule has 0 unspecified atom stereocenters. The molecule has 2 aromatic carbocycles.